The van der Waals surface area contributed by atoms with Gasteiger partial charge in [0.15, 0.2) is 0 Å². The minimum absolute atomic E-state index is 0.889. The predicted octanol–water partition coefficient (Wildman–Crippen LogP) is 2.85. The Balaban J connectivity index is 2.08. The van der Waals surface area contributed by atoms with Crippen molar-refractivity contribution in [2.24, 2.45) is 23.7 Å². The Morgan fingerprint density at radius 1 is 1.30 bits per heavy atom. The zero-order valence-corrected chi connectivity index (χ0v) is 6.93. The molecule has 0 N–H and O–H groups in total. The van der Waals surface area contributed by atoms with E-state index in [0.717, 1.165) is 23.7 Å². The van der Waals surface area contributed by atoms with Crippen molar-refractivity contribution in [2.75, 3.05) is 0 Å². The Morgan fingerprint density at radius 2 is 2.00 bits per heavy atom. The van der Waals surface area contributed by atoms with Crippen LogP contribution in [0, 0.1) is 23.7 Å². The van der Waals surface area contributed by atoms with Gasteiger partial charge in [-0.2, -0.15) is 0 Å². The Kier molecular flexibility index (Phi) is 1.21. The third kappa shape index (κ3) is 0.744. The normalized spacial score (nSPS) is 50.6. The van der Waals surface area contributed by atoms with Gasteiger partial charge in [-0.25, -0.2) is 0 Å². The molecule has 0 bridgehead atoms. The van der Waals surface area contributed by atoms with Gasteiger partial charge in [0.2, 0.25) is 0 Å². The molecule has 0 heteroatoms. The first-order chi connectivity index (χ1) is 4.70. The molecule has 2 fully saturated rings. The summed E-state index contributed by atoms with van der Waals surface area (Å²) in [4.78, 5) is 0. The van der Waals surface area contributed by atoms with E-state index in [0.29, 0.717) is 0 Å². The molecule has 0 aromatic carbocycles. The van der Waals surface area contributed by atoms with Gasteiger partial charge < -0.3 is 0 Å². The van der Waals surface area contributed by atoms with Crippen molar-refractivity contribution in [3.63, 3.8) is 0 Å². The molecular formula is C10H16. The second-order valence-corrected chi connectivity index (χ2v) is 4.23. The van der Waals surface area contributed by atoms with Gasteiger partial charge in [-0.3, -0.25) is 0 Å². The fraction of sp³-hybridized carbons (Fsp3) is 0.800. The lowest BCUT2D eigenvalue weighted by Gasteiger charge is -2.12. The zero-order chi connectivity index (χ0) is 7.30. The molecule has 2 saturated carbocycles. The summed E-state index contributed by atoms with van der Waals surface area (Å²) in [6, 6.07) is 0. The van der Waals surface area contributed by atoms with Crippen LogP contribution in [0.15, 0.2) is 12.2 Å². The minimum Gasteiger partial charge on any atom is -0.0999 e. The smallest absolute Gasteiger partial charge is 0.0175 e. The number of allylic oxidation sites excluding steroid dienone is 1. The lowest BCUT2D eigenvalue weighted by Crippen LogP contribution is -2.01. The zero-order valence-electron chi connectivity index (χ0n) is 6.93. The Hall–Kier alpha value is -0.260. The van der Waals surface area contributed by atoms with Gasteiger partial charge in [-0.05, 0) is 43.4 Å². The van der Waals surface area contributed by atoms with E-state index in [9.17, 15) is 0 Å². The summed E-state index contributed by atoms with van der Waals surface area (Å²) >= 11 is 0. The molecule has 4 unspecified atom stereocenters. The third-order valence-corrected chi connectivity index (χ3v) is 3.40. The lowest BCUT2D eigenvalue weighted by molar-refractivity contribution is 0.478. The highest BCUT2D eigenvalue weighted by atomic mass is 14.6. The fourth-order valence-electron chi connectivity index (χ4n) is 2.67. The van der Waals surface area contributed by atoms with Gasteiger partial charge in [0.25, 0.3) is 0 Å². The molecule has 0 heterocycles. The van der Waals surface area contributed by atoms with Gasteiger partial charge >= 0.3 is 0 Å². The summed E-state index contributed by atoms with van der Waals surface area (Å²) in [5.74, 6) is 4.01. The minimum atomic E-state index is 0.889. The van der Waals surface area contributed by atoms with E-state index in [4.69, 9.17) is 0 Å². The standard InChI is InChI=1S/C10H16/c1-6(2)8-4-7(3)9-5-10(8)9/h7-10H,1,4-5H2,2-3H3. The maximum atomic E-state index is 4.05. The van der Waals surface area contributed by atoms with Gasteiger partial charge in [0, 0.05) is 0 Å². The average Bonchev–Trinajstić information content (AvgIpc) is 2.55. The van der Waals surface area contributed by atoms with Crippen molar-refractivity contribution < 1.29 is 0 Å². The van der Waals surface area contributed by atoms with Crippen LogP contribution in [0.25, 0.3) is 0 Å². The molecule has 56 valence electrons. The van der Waals surface area contributed by atoms with E-state index in [-0.39, 0.29) is 0 Å². The highest BCUT2D eigenvalue weighted by Gasteiger charge is 2.52. The molecule has 0 amide bonds. The second kappa shape index (κ2) is 1.87. The summed E-state index contributed by atoms with van der Waals surface area (Å²) in [6.07, 6.45) is 2.92. The molecule has 10 heavy (non-hydrogen) atoms. The highest BCUT2D eigenvalue weighted by Crippen LogP contribution is 2.60. The summed E-state index contributed by atoms with van der Waals surface area (Å²) in [7, 11) is 0. The Labute approximate surface area is 63.3 Å². The van der Waals surface area contributed by atoms with Crippen LogP contribution in [0.1, 0.15) is 26.7 Å². The van der Waals surface area contributed by atoms with E-state index < -0.39 is 0 Å². The van der Waals surface area contributed by atoms with Crippen LogP contribution in [0.2, 0.25) is 0 Å². The Bertz CT molecular complexity index is 169. The molecule has 0 aromatic heterocycles. The Morgan fingerprint density at radius 3 is 2.20 bits per heavy atom. The van der Waals surface area contributed by atoms with Crippen LogP contribution in [0.4, 0.5) is 0 Å². The third-order valence-electron chi connectivity index (χ3n) is 3.40. The molecule has 0 aliphatic heterocycles. The van der Waals surface area contributed by atoms with Crippen molar-refractivity contribution in [3.8, 4) is 0 Å². The second-order valence-electron chi connectivity index (χ2n) is 4.23. The predicted molar refractivity (Wildman–Crippen MR) is 43.7 cm³/mol. The number of hydrogen-bond donors (Lipinski definition) is 0. The van der Waals surface area contributed by atoms with Crippen molar-refractivity contribution in [3.05, 3.63) is 12.2 Å². The van der Waals surface area contributed by atoms with Crippen molar-refractivity contribution in [2.45, 2.75) is 26.7 Å². The van der Waals surface area contributed by atoms with Crippen LogP contribution in [0.5, 0.6) is 0 Å². The van der Waals surface area contributed by atoms with Crippen molar-refractivity contribution in [1.82, 2.24) is 0 Å². The number of rotatable bonds is 1. The molecule has 0 saturated heterocycles. The molecule has 2 rings (SSSR count). The maximum absolute atomic E-state index is 4.05. The summed E-state index contributed by atoms with van der Waals surface area (Å²) in [5.41, 5.74) is 1.43. The average molecular weight is 136 g/mol. The molecular weight excluding hydrogens is 120 g/mol. The van der Waals surface area contributed by atoms with E-state index in [1.807, 2.05) is 0 Å². The van der Waals surface area contributed by atoms with Crippen LogP contribution >= 0.6 is 0 Å². The molecule has 2 aliphatic carbocycles. The summed E-state index contributed by atoms with van der Waals surface area (Å²) in [6.45, 7) is 8.64. The molecule has 0 nitrogen and oxygen atoms in total. The monoisotopic (exact) mass is 136 g/mol. The summed E-state index contributed by atoms with van der Waals surface area (Å²) in [5, 5.41) is 0. The number of hydrogen-bond acceptors (Lipinski definition) is 0. The van der Waals surface area contributed by atoms with Gasteiger partial charge in [0.05, 0.1) is 0 Å². The largest absolute Gasteiger partial charge is 0.0999 e. The highest BCUT2D eigenvalue weighted by molar-refractivity contribution is 5.12. The molecule has 0 spiro atoms. The molecule has 0 radical (unpaired) electrons. The van der Waals surface area contributed by atoms with Crippen molar-refractivity contribution >= 4 is 0 Å². The van der Waals surface area contributed by atoms with Gasteiger partial charge in [-0.15, -0.1) is 0 Å². The fourth-order valence-corrected chi connectivity index (χ4v) is 2.67. The topological polar surface area (TPSA) is 0 Å². The SMILES string of the molecule is C=C(C)C1CC(C)C2CC12. The van der Waals surface area contributed by atoms with Crippen LogP contribution in [-0.4, -0.2) is 0 Å². The molecule has 0 aromatic rings. The molecule has 2 aliphatic rings. The van der Waals surface area contributed by atoms with E-state index in [1.165, 1.54) is 18.4 Å². The first-order valence-electron chi connectivity index (χ1n) is 4.35. The van der Waals surface area contributed by atoms with Gasteiger partial charge in [-0.1, -0.05) is 19.1 Å². The number of fused-ring (bicyclic) bond motifs is 1. The van der Waals surface area contributed by atoms with Gasteiger partial charge in [0.1, 0.15) is 0 Å². The maximum Gasteiger partial charge on any atom is -0.0175 e. The van der Waals surface area contributed by atoms with E-state index in [2.05, 4.69) is 20.4 Å². The van der Waals surface area contributed by atoms with Crippen LogP contribution in [-0.2, 0) is 0 Å². The van der Waals surface area contributed by atoms with Crippen LogP contribution in [0.3, 0.4) is 0 Å². The van der Waals surface area contributed by atoms with Crippen LogP contribution < -0.4 is 0 Å². The summed E-state index contributed by atoms with van der Waals surface area (Å²) < 4.78 is 0. The first kappa shape index (κ1) is 6.45. The van der Waals surface area contributed by atoms with E-state index >= 15 is 0 Å². The lowest BCUT2D eigenvalue weighted by atomic mass is 9.94. The first-order valence-corrected chi connectivity index (χ1v) is 4.35. The quantitative estimate of drug-likeness (QED) is 0.486. The van der Waals surface area contributed by atoms with E-state index in [1.54, 1.807) is 0 Å². The van der Waals surface area contributed by atoms with Crippen molar-refractivity contribution in [1.29, 1.82) is 0 Å². The molecule has 4 atom stereocenters.